The first-order valence-electron chi connectivity index (χ1n) is 6.67. The molecule has 4 nitrogen and oxygen atoms in total. The molecule has 0 radical (unpaired) electrons. The summed E-state index contributed by atoms with van der Waals surface area (Å²) in [4.78, 5) is 18.1. The Morgan fingerprint density at radius 2 is 2.45 bits per heavy atom. The lowest BCUT2D eigenvalue weighted by Crippen LogP contribution is -2.32. The fourth-order valence-corrected chi connectivity index (χ4v) is 3.01. The number of nitrogens with zero attached hydrogens (tertiary/aromatic N) is 2. The molecule has 0 bridgehead atoms. The summed E-state index contributed by atoms with van der Waals surface area (Å²) in [5, 5.41) is 4.03. The fourth-order valence-electron chi connectivity index (χ4n) is 2.34. The van der Waals surface area contributed by atoms with E-state index in [0.29, 0.717) is 13.0 Å². The normalized spacial score (nSPS) is 18.2. The molecule has 1 aliphatic rings. The zero-order valence-corrected chi connectivity index (χ0v) is 11.9. The Labute approximate surface area is 122 Å². The van der Waals surface area contributed by atoms with Gasteiger partial charge in [0.25, 0.3) is 0 Å². The summed E-state index contributed by atoms with van der Waals surface area (Å²) in [7, 11) is 0. The number of ether oxygens (including phenoxy) is 1. The van der Waals surface area contributed by atoms with Gasteiger partial charge in [-0.15, -0.1) is 0 Å². The smallest absolute Gasteiger partial charge is 0.227 e. The Bertz CT molecular complexity index is 557. The van der Waals surface area contributed by atoms with Crippen molar-refractivity contribution in [1.29, 1.82) is 0 Å². The minimum absolute atomic E-state index is 0.0747. The van der Waals surface area contributed by atoms with Crippen LogP contribution in [0, 0.1) is 0 Å². The minimum atomic E-state index is 0.0747. The van der Waals surface area contributed by atoms with Gasteiger partial charge >= 0.3 is 0 Å². The van der Waals surface area contributed by atoms with E-state index in [1.54, 1.807) is 23.7 Å². The number of aromatic nitrogens is 1. The van der Waals surface area contributed by atoms with E-state index in [-0.39, 0.29) is 12.0 Å². The number of hydrogen-bond acceptors (Lipinski definition) is 4. The van der Waals surface area contributed by atoms with Crippen LogP contribution in [-0.2, 0) is 11.2 Å². The van der Waals surface area contributed by atoms with Crippen molar-refractivity contribution in [2.45, 2.75) is 18.9 Å². The monoisotopic (exact) mass is 288 g/mol. The molecule has 3 heterocycles. The van der Waals surface area contributed by atoms with Crippen LogP contribution in [0.5, 0.6) is 5.75 Å². The molecule has 1 fully saturated rings. The molecule has 1 unspecified atom stereocenters. The summed E-state index contributed by atoms with van der Waals surface area (Å²) in [6.07, 6.45) is 4.87. The standard InChI is InChI=1S/C15H16N2O2S/c18-15(8-12-4-7-20-11-12)17-6-3-14(10-17)19-13-2-1-5-16-9-13/h1-2,4-5,7,9,11,14H,3,6,8,10H2. The van der Waals surface area contributed by atoms with Crippen LogP contribution in [-0.4, -0.2) is 35.0 Å². The molecule has 0 aromatic carbocycles. The topological polar surface area (TPSA) is 42.4 Å². The molecule has 20 heavy (non-hydrogen) atoms. The summed E-state index contributed by atoms with van der Waals surface area (Å²) >= 11 is 1.62. The fraction of sp³-hybridized carbons (Fsp3) is 0.333. The van der Waals surface area contributed by atoms with Crippen LogP contribution < -0.4 is 4.74 Å². The molecule has 0 N–H and O–H groups in total. The van der Waals surface area contributed by atoms with Crippen LogP contribution >= 0.6 is 11.3 Å². The van der Waals surface area contributed by atoms with Crippen molar-refractivity contribution in [2.75, 3.05) is 13.1 Å². The van der Waals surface area contributed by atoms with Gasteiger partial charge in [0.05, 0.1) is 19.2 Å². The average molecular weight is 288 g/mol. The van der Waals surface area contributed by atoms with E-state index in [4.69, 9.17) is 4.74 Å². The molecular weight excluding hydrogens is 272 g/mol. The highest BCUT2D eigenvalue weighted by molar-refractivity contribution is 7.07. The number of rotatable bonds is 4. The molecule has 0 saturated carbocycles. The van der Waals surface area contributed by atoms with E-state index >= 15 is 0 Å². The van der Waals surface area contributed by atoms with E-state index < -0.39 is 0 Å². The van der Waals surface area contributed by atoms with Gasteiger partial charge in [-0.3, -0.25) is 9.78 Å². The molecule has 1 amide bonds. The van der Waals surface area contributed by atoms with Gasteiger partial charge in [-0.1, -0.05) is 0 Å². The first-order chi connectivity index (χ1) is 9.81. The third-order valence-corrected chi connectivity index (χ3v) is 4.10. The van der Waals surface area contributed by atoms with E-state index in [0.717, 1.165) is 24.3 Å². The Kier molecular flexibility index (Phi) is 3.97. The van der Waals surface area contributed by atoms with Crippen molar-refractivity contribution in [3.63, 3.8) is 0 Å². The number of likely N-dealkylation sites (tertiary alicyclic amines) is 1. The second kappa shape index (κ2) is 6.05. The van der Waals surface area contributed by atoms with Crippen LogP contribution in [0.3, 0.4) is 0 Å². The highest BCUT2D eigenvalue weighted by Gasteiger charge is 2.27. The van der Waals surface area contributed by atoms with Crippen LogP contribution in [0.2, 0.25) is 0 Å². The third kappa shape index (κ3) is 3.17. The lowest BCUT2D eigenvalue weighted by molar-refractivity contribution is -0.129. The highest BCUT2D eigenvalue weighted by Crippen LogP contribution is 2.18. The number of amides is 1. The van der Waals surface area contributed by atoms with Crippen molar-refractivity contribution in [3.8, 4) is 5.75 Å². The van der Waals surface area contributed by atoms with Gasteiger partial charge in [0.15, 0.2) is 0 Å². The van der Waals surface area contributed by atoms with Gasteiger partial charge in [0.1, 0.15) is 11.9 Å². The zero-order chi connectivity index (χ0) is 13.8. The molecule has 3 rings (SSSR count). The molecule has 0 aliphatic carbocycles. The molecule has 1 aliphatic heterocycles. The maximum Gasteiger partial charge on any atom is 0.227 e. The van der Waals surface area contributed by atoms with E-state index in [1.807, 2.05) is 33.9 Å². The molecular formula is C15H16N2O2S. The lowest BCUT2D eigenvalue weighted by atomic mass is 10.2. The summed E-state index contributed by atoms with van der Waals surface area (Å²) in [5.74, 6) is 0.949. The second-order valence-corrected chi connectivity index (χ2v) is 5.65. The Morgan fingerprint density at radius 1 is 1.50 bits per heavy atom. The zero-order valence-electron chi connectivity index (χ0n) is 11.1. The maximum atomic E-state index is 12.2. The summed E-state index contributed by atoms with van der Waals surface area (Å²) in [5.41, 5.74) is 1.09. The van der Waals surface area contributed by atoms with E-state index in [1.165, 1.54) is 0 Å². The lowest BCUT2D eigenvalue weighted by Gasteiger charge is -2.17. The predicted octanol–water partition coefficient (Wildman–Crippen LogP) is 2.37. The van der Waals surface area contributed by atoms with Gasteiger partial charge < -0.3 is 9.64 Å². The number of carbonyl (C=O) groups is 1. The molecule has 0 spiro atoms. The molecule has 1 saturated heterocycles. The summed E-state index contributed by atoms with van der Waals surface area (Å²) < 4.78 is 5.84. The Hall–Kier alpha value is -1.88. The van der Waals surface area contributed by atoms with Crippen LogP contribution in [0.4, 0.5) is 0 Å². The van der Waals surface area contributed by atoms with Gasteiger partial charge in [-0.25, -0.2) is 0 Å². The summed E-state index contributed by atoms with van der Waals surface area (Å²) in [6.45, 7) is 1.44. The molecule has 2 aromatic heterocycles. The molecule has 5 heteroatoms. The first-order valence-corrected chi connectivity index (χ1v) is 7.61. The van der Waals surface area contributed by atoms with E-state index in [2.05, 4.69) is 4.98 Å². The minimum Gasteiger partial charge on any atom is -0.487 e. The predicted molar refractivity (Wildman–Crippen MR) is 77.9 cm³/mol. The van der Waals surface area contributed by atoms with Gasteiger partial charge in [0, 0.05) is 19.2 Å². The maximum absolute atomic E-state index is 12.2. The number of hydrogen-bond donors (Lipinski definition) is 0. The Balaban J connectivity index is 1.53. The number of pyridine rings is 1. The first kappa shape index (κ1) is 13.1. The van der Waals surface area contributed by atoms with E-state index in [9.17, 15) is 4.79 Å². The van der Waals surface area contributed by atoms with Crippen molar-refractivity contribution >= 4 is 17.2 Å². The van der Waals surface area contributed by atoms with Crippen molar-refractivity contribution < 1.29 is 9.53 Å². The van der Waals surface area contributed by atoms with Crippen LogP contribution in [0.1, 0.15) is 12.0 Å². The number of carbonyl (C=O) groups excluding carboxylic acids is 1. The summed E-state index contributed by atoms with van der Waals surface area (Å²) in [6, 6.07) is 5.74. The van der Waals surface area contributed by atoms with Crippen molar-refractivity contribution in [1.82, 2.24) is 9.88 Å². The molecule has 1 atom stereocenters. The van der Waals surface area contributed by atoms with Crippen molar-refractivity contribution in [3.05, 3.63) is 46.9 Å². The van der Waals surface area contributed by atoms with Crippen LogP contribution in [0.25, 0.3) is 0 Å². The average Bonchev–Trinajstić information content (AvgIpc) is 3.11. The SMILES string of the molecule is O=C(Cc1ccsc1)N1CCC(Oc2cccnc2)C1. The Morgan fingerprint density at radius 3 is 3.20 bits per heavy atom. The number of thiophene rings is 1. The molecule has 104 valence electrons. The van der Waals surface area contributed by atoms with Crippen molar-refractivity contribution in [2.24, 2.45) is 0 Å². The largest absolute Gasteiger partial charge is 0.487 e. The van der Waals surface area contributed by atoms with Crippen LogP contribution in [0.15, 0.2) is 41.4 Å². The van der Waals surface area contributed by atoms with Gasteiger partial charge in [-0.2, -0.15) is 11.3 Å². The second-order valence-electron chi connectivity index (χ2n) is 4.87. The van der Waals surface area contributed by atoms with Gasteiger partial charge in [-0.05, 0) is 34.5 Å². The third-order valence-electron chi connectivity index (χ3n) is 3.37. The quantitative estimate of drug-likeness (QED) is 0.867. The van der Waals surface area contributed by atoms with Gasteiger partial charge in [0.2, 0.25) is 5.91 Å². The molecule has 2 aromatic rings. The highest BCUT2D eigenvalue weighted by atomic mass is 32.1.